The zero-order valence-electron chi connectivity index (χ0n) is 10.0. The molecule has 0 radical (unpaired) electrons. The maximum Gasteiger partial charge on any atom is 0.137 e. The van der Waals surface area contributed by atoms with Crippen molar-refractivity contribution in [3.05, 3.63) is 22.7 Å². The summed E-state index contributed by atoms with van der Waals surface area (Å²) >= 11 is 6.06. The smallest absolute Gasteiger partial charge is 0.137 e. The average Bonchev–Trinajstić information content (AvgIpc) is 2.29. The lowest BCUT2D eigenvalue weighted by Crippen LogP contribution is -2.20. The average molecular weight is 243 g/mol. The van der Waals surface area contributed by atoms with Crippen molar-refractivity contribution in [2.45, 2.75) is 13.8 Å². The SMILES string of the molecule is COc1cc(C)c(NCC(C)CN)cc1Cl. The van der Waals surface area contributed by atoms with Crippen LogP contribution in [-0.2, 0) is 0 Å². The van der Waals surface area contributed by atoms with Crippen LogP contribution in [0.2, 0.25) is 5.02 Å². The number of methoxy groups -OCH3 is 1. The summed E-state index contributed by atoms with van der Waals surface area (Å²) in [6, 6.07) is 3.82. The molecule has 3 nitrogen and oxygen atoms in total. The molecule has 1 aromatic carbocycles. The van der Waals surface area contributed by atoms with Crippen molar-refractivity contribution < 1.29 is 4.74 Å². The molecular formula is C12H19ClN2O. The summed E-state index contributed by atoms with van der Waals surface area (Å²) in [6.45, 7) is 5.65. The summed E-state index contributed by atoms with van der Waals surface area (Å²) in [7, 11) is 1.62. The Hall–Kier alpha value is -0.930. The molecule has 16 heavy (non-hydrogen) atoms. The minimum absolute atomic E-state index is 0.445. The number of hydrogen-bond acceptors (Lipinski definition) is 3. The minimum atomic E-state index is 0.445. The number of aryl methyl sites for hydroxylation is 1. The first kappa shape index (κ1) is 13.1. The number of benzene rings is 1. The van der Waals surface area contributed by atoms with Crippen molar-refractivity contribution in [1.82, 2.24) is 0 Å². The minimum Gasteiger partial charge on any atom is -0.495 e. The van der Waals surface area contributed by atoms with Gasteiger partial charge in [-0.3, -0.25) is 0 Å². The molecule has 0 aliphatic rings. The largest absolute Gasteiger partial charge is 0.495 e. The van der Waals surface area contributed by atoms with E-state index in [0.29, 0.717) is 23.2 Å². The lowest BCUT2D eigenvalue weighted by molar-refractivity contribution is 0.415. The van der Waals surface area contributed by atoms with Gasteiger partial charge in [0.05, 0.1) is 12.1 Å². The van der Waals surface area contributed by atoms with E-state index in [0.717, 1.165) is 17.8 Å². The second-order valence-corrected chi connectivity index (χ2v) is 4.43. The molecule has 0 fully saturated rings. The summed E-state index contributed by atoms with van der Waals surface area (Å²) in [4.78, 5) is 0. The Morgan fingerprint density at radius 1 is 1.50 bits per heavy atom. The van der Waals surface area contributed by atoms with Gasteiger partial charge in [0.15, 0.2) is 0 Å². The number of halogens is 1. The molecule has 1 unspecified atom stereocenters. The molecule has 0 aliphatic heterocycles. The van der Waals surface area contributed by atoms with E-state index in [1.54, 1.807) is 7.11 Å². The van der Waals surface area contributed by atoms with E-state index in [4.69, 9.17) is 22.1 Å². The highest BCUT2D eigenvalue weighted by molar-refractivity contribution is 6.32. The predicted octanol–water partition coefficient (Wildman–Crippen LogP) is 2.66. The summed E-state index contributed by atoms with van der Waals surface area (Å²) < 4.78 is 5.15. The van der Waals surface area contributed by atoms with E-state index in [1.807, 2.05) is 19.1 Å². The summed E-state index contributed by atoms with van der Waals surface area (Å²) in [5, 5.41) is 3.96. The highest BCUT2D eigenvalue weighted by Crippen LogP contribution is 2.30. The van der Waals surface area contributed by atoms with Crippen LogP contribution in [0.4, 0.5) is 5.69 Å². The van der Waals surface area contributed by atoms with Crippen molar-refractivity contribution in [3.8, 4) is 5.75 Å². The van der Waals surface area contributed by atoms with Gasteiger partial charge in [0.25, 0.3) is 0 Å². The molecule has 1 aromatic rings. The molecular weight excluding hydrogens is 224 g/mol. The fraction of sp³-hybridized carbons (Fsp3) is 0.500. The summed E-state index contributed by atoms with van der Waals surface area (Å²) in [5.41, 5.74) is 7.71. The molecule has 0 amide bonds. The molecule has 0 saturated carbocycles. The molecule has 0 aromatic heterocycles. The quantitative estimate of drug-likeness (QED) is 0.835. The maximum atomic E-state index is 6.06. The highest BCUT2D eigenvalue weighted by Gasteiger charge is 2.07. The third-order valence-electron chi connectivity index (χ3n) is 2.54. The number of hydrogen-bond donors (Lipinski definition) is 2. The molecule has 3 N–H and O–H groups in total. The Balaban J connectivity index is 2.77. The monoisotopic (exact) mass is 242 g/mol. The lowest BCUT2D eigenvalue weighted by Gasteiger charge is -2.15. The first-order valence-electron chi connectivity index (χ1n) is 5.36. The van der Waals surface area contributed by atoms with Crippen molar-refractivity contribution in [2.24, 2.45) is 11.7 Å². The van der Waals surface area contributed by atoms with Gasteiger partial charge < -0.3 is 15.8 Å². The van der Waals surface area contributed by atoms with E-state index in [1.165, 1.54) is 0 Å². The van der Waals surface area contributed by atoms with Gasteiger partial charge in [-0.15, -0.1) is 0 Å². The van der Waals surface area contributed by atoms with E-state index in [2.05, 4.69) is 12.2 Å². The molecule has 4 heteroatoms. The molecule has 0 saturated heterocycles. The fourth-order valence-electron chi connectivity index (χ4n) is 1.37. The number of nitrogens with one attached hydrogen (secondary N) is 1. The van der Waals surface area contributed by atoms with Gasteiger partial charge in [-0.2, -0.15) is 0 Å². The van der Waals surface area contributed by atoms with Crippen molar-refractivity contribution in [1.29, 1.82) is 0 Å². The van der Waals surface area contributed by atoms with Crippen molar-refractivity contribution >= 4 is 17.3 Å². The zero-order valence-corrected chi connectivity index (χ0v) is 10.8. The molecule has 0 aliphatic carbocycles. The summed E-state index contributed by atoms with van der Waals surface area (Å²) in [6.07, 6.45) is 0. The van der Waals surface area contributed by atoms with Gasteiger partial charge in [0.1, 0.15) is 5.75 Å². The van der Waals surface area contributed by atoms with Crippen LogP contribution in [0.1, 0.15) is 12.5 Å². The molecule has 1 atom stereocenters. The van der Waals surface area contributed by atoms with Crippen LogP contribution in [0, 0.1) is 12.8 Å². The van der Waals surface area contributed by atoms with Gasteiger partial charge in [-0.25, -0.2) is 0 Å². The number of rotatable bonds is 5. The standard InChI is InChI=1S/C12H19ClN2O/c1-8(6-14)7-15-11-5-10(13)12(16-3)4-9(11)2/h4-5,8,15H,6-7,14H2,1-3H3. The van der Waals surface area contributed by atoms with Crippen molar-refractivity contribution in [2.75, 3.05) is 25.5 Å². The number of anilines is 1. The third kappa shape index (κ3) is 3.29. The van der Waals surface area contributed by atoms with Crippen molar-refractivity contribution in [3.63, 3.8) is 0 Å². The van der Waals surface area contributed by atoms with Crippen LogP contribution < -0.4 is 15.8 Å². The van der Waals surface area contributed by atoms with Crippen LogP contribution in [0.5, 0.6) is 5.75 Å². The molecule has 90 valence electrons. The van der Waals surface area contributed by atoms with Gasteiger partial charge in [-0.1, -0.05) is 18.5 Å². The van der Waals surface area contributed by atoms with Gasteiger partial charge in [-0.05, 0) is 37.1 Å². The molecule has 0 spiro atoms. The van der Waals surface area contributed by atoms with E-state index >= 15 is 0 Å². The highest BCUT2D eigenvalue weighted by atomic mass is 35.5. The van der Waals surface area contributed by atoms with E-state index in [9.17, 15) is 0 Å². The lowest BCUT2D eigenvalue weighted by atomic mass is 10.1. The van der Waals surface area contributed by atoms with Gasteiger partial charge >= 0.3 is 0 Å². The summed E-state index contributed by atoms with van der Waals surface area (Å²) in [5.74, 6) is 1.15. The Kier molecular flexibility index (Phi) is 4.90. The van der Waals surface area contributed by atoms with Crippen LogP contribution in [0.25, 0.3) is 0 Å². The van der Waals surface area contributed by atoms with Crippen LogP contribution in [0.3, 0.4) is 0 Å². The second-order valence-electron chi connectivity index (χ2n) is 4.02. The van der Waals surface area contributed by atoms with Gasteiger partial charge in [0, 0.05) is 12.2 Å². The molecule has 0 bridgehead atoms. The Morgan fingerprint density at radius 2 is 2.19 bits per heavy atom. The predicted molar refractivity (Wildman–Crippen MR) is 69.4 cm³/mol. The Morgan fingerprint density at radius 3 is 2.75 bits per heavy atom. The Bertz CT molecular complexity index is 355. The van der Waals surface area contributed by atoms with Crippen LogP contribution in [0.15, 0.2) is 12.1 Å². The zero-order chi connectivity index (χ0) is 12.1. The van der Waals surface area contributed by atoms with Crippen LogP contribution >= 0.6 is 11.6 Å². The first-order valence-corrected chi connectivity index (χ1v) is 5.74. The van der Waals surface area contributed by atoms with E-state index < -0.39 is 0 Å². The molecule has 0 heterocycles. The molecule has 1 rings (SSSR count). The second kappa shape index (κ2) is 5.97. The fourth-order valence-corrected chi connectivity index (χ4v) is 1.61. The topological polar surface area (TPSA) is 47.3 Å². The number of ether oxygens (including phenoxy) is 1. The van der Waals surface area contributed by atoms with Crippen LogP contribution in [-0.4, -0.2) is 20.2 Å². The number of nitrogens with two attached hydrogens (primary N) is 1. The normalized spacial score (nSPS) is 12.3. The Labute approximate surface area is 102 Å². The van der Waals surface area contributed by atoms with Gasteiger partial charge in [0.2, 0.25) is 0 Å². The third-order valence-corrected chi connectivity index (χ3v) is 2.84. The van der Waals surface area contributed by atoms with E-state index in [-0.39, 0.29) is 0 Å². The maximum absolute atomic E-state index is 6.06. The first-order chi connectivity index (χ1) is 7.58.